The Bertz CT molecular complexity index is 818. The number of nitrogens with zero attached hydrogens (tertiary/aromatic N) is 1. The Hall–Kier alpha value is -2.24. The van der Waals surface area contributed by atoms with Crippen LogP contribution in [0.1, 0.15) is 34.9 Å². The first-order chi connectivity index (χ1) is 13.1. The van der Waals surface area contributed by atoms with Gasteiger partial charge in [-0.15, -0.1) is 0 Å². The Morgan fingerprint density at radius 3 is 2.56 bits per heavy atom. The van der Waals surface area contributed by atoms with Crippen LogP contribution in [0.3, 0.4) is 0 Å². The second-order valence-electron chi connectivity index (χ2n) is 6.97. The lowest BCUT2D eigenvalue weighted by molar-refractivity contribution is 0.0462. The zero-order valence-corrected chi connectivity index (χ0v) is 15.7. The highest BCUT2D eigenvalue weighted by Crippen LogP contribution is 2.39. The molecule has 2 aromatic rings. The van der Waals surface area contributed by atoms with Gasteiger partial charge in [0.25, 0.3) is 5.91 Å². The molecule has 2 aromatic carbocycles. The molecule has 0 saturated carbocycles. The Morgan fingerprint density at radius 1 is 1.11 bits per heavy atom. The lowest BCUT2D eigenvalue weighted by Crippen LogP contribution is -2.39. The summed E-state index contributed by atoms with van der Waals surface area (Å²) in [7, 11) is 0. The third kappa shape index (κ3) is 3.75. The fourth-order valence-corrected chi connectivity index (χ4v) is 4.02. The number of aliphatic hydroxyl groups is 1. The predicted octanol–water partition coefficient (Wildman–Crippen LogP) is 3.70. The standard InChI is InChI=1S/C21H22ClNO4/c22-17-12-16(13-18-20(17)27-11-10-26-18)21(25)23-8-6-15(7-9-23)19(24)14-4-2-1-3-5-14/h1-5,12-13,15,19,24H,6-11H2. The number of ether oxygens (including phenoxy) is 2. The number of hydrogen-bond donors (Lipinski definition) is 1. The number of amides is 1. The Morgan fingerprint density at radius 2 is 1.81 bits per heavy atom. The maximum atomic E-state index is 12.9. The zero-order valence-electron chi connectivity index (χ0n) is 14.9. The molecule has 1 fully saturated rings. The molecule has 142 valence electrons. The van der Waals surface area contributed by atoms with Gasteiger partial charge in [-0.3, -0.25) is 4.79 Å². The summed E-state index contributed by atoms with van der Waals surface area (Å²) in [5.41, 5.74) is 1.44. The number of hydrogen-bond acceptors (Lipinski definition) is 4. The minimum Gasteiger partial charge on any atom is -0.486 e. The van der Waals surface area contributed by atoms with Crippen LogP contribution >= 0.6 is 11.6 Å². The van der Waals surface area contributed by atoms with Crippen molar-refractivity contribution < 1.29 is 19.4 Å². The van der Waals surface area contributed by atoms with Crippen molar-refractivity contribution in [2.24, 2.45) is 5.92 Å². The molecule has 2 aliphatic rings. The van der Waals surface area contributed by atoms with Crippen molar-refractivity contribution in [2.75, 3.05) is 26.3 Å². The zero-order chi connectivity index (χ0) is 18.8. The highest BCUT2D eigenvalue weighted by atomic mass is 35.5. The Balaban J connectivity index is 1.42. The molecular weight excluding hydrogens is 366 g/mol. The fraction of sp³-hybridized carbons (Fsp3) is 0.381. The van der Waals surface area contributed by atoms with Gasteiger partial charge < -0.3 is 19.5 Å². The predicted molar refractivity (Wildman–Crippen MR) is 102 cm³/mol. The largest absolute Gasteiger partial charge is 0.486 e. The monoisotopic (exact) mass is 387 g/mol. The third-order valence-electron chi connectivity index (χ3n) is 5.26. The third-order valence-corrected chi connectivity index (χ3v) is 5.54. The van der Waals surface area contributed by atoms with Gasteiger partial charge in [0, 0.05) is 18.7 Å². The van der Waals surface area contributed by atoms with Gasteiger partial charge in [-0.1, -0.05) is 41.9 Å². The van der Waals surface area contributed by atoms with Gasteiger partial charge in [-0.05, 0) is 36.5 Å². The summed E-state index contributed by atoms with van der Waals surface area (Å²) in [6, 6.07) is 13.0. The molecule has 2 aliphatic heterocycles. The highest BCUT2D eigenvalue weighted by Gasteiger charge is 2.29. The highest BCUT2D eigenvalue weighted by molar-refractivity contribution is 6.32. The van der Waals surface area contributed by atoms with Crippen LogP contribution in [0.25, 0.3) is 0 Å². The number of aliphatic hydroxyl groups excluding tert-OH is 1. The molecule has 27 heavy (non-hydrogen) atoms. The maximum Gasteiger partial charge on any atom is 0.254 e. The number of carbonyl (C=O) groups is 1. The maximum absolute atomic E-state index is 12.9. The molecule has 1 saturated heterocycles. The minimum absolute atomic E-state index is 0.0680. The number of piperidine rings is 1. The van der Waals surface area contributed by atoms with Crippen molar-refractivity contribution in [1.82, 2.24) is 4.90 Å². The first-order valence-electron chi connectivity index (χ1n) is 9.25. The molecule has 0 radical (unpaired) electrons. The van der Waals surface area contributed by atoms with Gasteiger partial charge in [0.15, 0.2) is 11.5 Å². The van der Waals surface area contributed by atoms with Crippen molar-refractivity contribution in [2.45, 2.75) is 18.9 Å². The lowest BCUT2D eigenvalue weighted by atomic mass is 9.87. The number of benzene rings is 2. The molecule has 5 nitrogen and oxygen atoms in total. The topological polar surface area (TPSA) is 59.0 Å². The molecule has 1 amide bonds. The van der Waals surface area contributed by atoms with Gasteiger partial charge >= 0.3 is 0 Å². The van der Waals surface area contributed by atoms with Crippen LogP contribution < -0.4 is 9.47 Å². The van der Waals surface area contributed by atoms with Crippen LogP contribution in [0.4, 0.5) is 0 Å². The van der Waals surface area contributed by atoms with E-state index in [1.807, 2.05) is 35.2 Å². The van der Waals surface area contributed by atoms with Crippen molar-refractivity contribution in [3.05, 3.63) is 58.6 Å². The van der Waals surface area contributed by atoms with E-state index < -0.39 is 6.10 Å². The smallest absolute Gasteiger partial charge is 0.254 e. The van der Waals surface area contributed by atoms with Crippen molar-refractivity contribution in [3.63, 3.8) is 0 Å². The minimum atomic E-state index is -0.493. The Labute approximate surface area is 163 Å². The first kappa shape index (κ1) is 18.1. The summed E-state index contributed by atoms with van der Waals surface area (Å²) >= 11 is 6.25. The summed E-state index contributed by atoms with van der Waals surface area (Å²) < 4.78 is 11.1. The number of rotatable bonds is 3. The summed E-state index contributed by atoms with van der Waals surface area (Å²) in [4.78, 5) is 14.7. The van der Waals surface area contributed by atoms with Crippen LogP contribution in [-0.2, 0) is 0 Å². The molecule has 0 spiro atoms. The van der Waals surface area contributed by atoms with E-state index in [2.05, 4.69) is 0 Å². The molecular formula is C21H22ClNO4. The van der Waals surface area contributed by atoms with Gasteiger partial charge in [0.05, 0.1) is 11.1 Å². The van der Waals surface area contributed by atoms with E-state index >= 15 is 0 Å². The van der Waals surface area contributed by atoms with E-state index in [1.54, 1.807) is 12.1 Å². The normalized spacial score (nSPS) is 18.2. The average molecular weight is 388 g/mol. The van der Waals surface area contributed by atoms with Gasteiger partial charge in [-0.25, -0.2) is 0 Å². The molecule has 1 atom stereocenters. The van der Waals surface area contributed by atoms with Gasteiger partial charge in [-0.2, -0.15) is 0 Å². The van der Waals surface area contributed by atoms with Gasteiger partial charge in [0.1, 0.15) is 13.2 Å². The molecule has 0 aromatic heterocycles. The quantitative estimate of drug-likeness (QED) is 0.872. The summed E-state index contributed by atoms with van der Waals surface area (Å²) in [5.74, 6) is 1.11. The fourth-order valence-electron chi connectivity index (χ4n) is 3.76. The summed E-state index contributed by atoms with van der Waals surface area (Å²) in [5, 5.41) is 11.0. The molecule has 6 heteroatoms. The molecule has 4 rings (SSSR count). The van der Waals surface area contributed by atoms with E-state index in [9.17, 15) is 9.90 Å². The van der Waals surface area contributed by atoms with Crippen molar-refractivity contribution >= 4 is 17.5 Å². The SMILES string of the molecule is O=C(c1cc(Cl)c2c(c1)OCCO2)N1CCC(C(O)c2ccccc2)CC1. The van der Waals surface area contributed by atoms with E-state index in [-0.39, 0.29) is 11.8 Å². The van der Waals surface area contributed by atoms with Crippen LogP contribution in [0.2, 0.25) is 5.02 Å². The van der Waals surface area contributed by atoms with Crippen molar-refractivity contribution in [1.29, 1.82) is 0 Å². The number of fused-ring (bicyclic) bond motifs is 1. The first-order valence-corrected chi connectivity index (χ1v) is 9.62. The second-order valence-corrected chi connectivity index (χ2v) is 7.37. The summed E-state index contributed by atoms with van der Waals surface area (Å²) in [6.07, 6.45) is 1.03. The molecule has 0 bridgehead atoms. The van der Waals surface area contributed by atoms with E-state index in [0.29, 0.717) is 48.4 Å². The molecule has 0 aliphatic carbocycles. The second kappa shape index (κ2) is 7.79. The van der Waals surface area contributed by atoms with Crippen LogP contribution in [-0.4, -0.2) is 42.2 Å². The van der Waals surface area contributed by atoms with Gasteiger partial charge in [0.2, 0.25) is 0 Å². The molecule has 1 unspecified atom stereocenters. The van der Waals surface area contributed by atoms with E-state index in [0.717, 1.165) is 18.4 Å². The molecule has 2 heterocycles. The molecule has 1 N–H and O–H groups in total. The average Bonchev–Trinajstić information content (AvgIpc) is 2.73. The number of halogens is 1. The summed E-state index contributed by atoms with van der Waals surface area (Å²) in [6.45, 7) is 2.12. The van der Waals surface area contributed by atoms with E-state index in [1.165, 1.54) is 0 Å². The van der Waals surface area contributed by atoms with E-state index in [4.69, 9.17) is 21.1 Å². The number of likely N-dealkylation sites (tertiary alicyclic amines) is 1. The van der Waals surface area contributed by atoms with Crippen molar-refractivity contribution in [3.8, 4) is 11.5 Å². The number of carbonyl (C=O) groups excluding carboxylic acids is 1. The van der Waals surface area contributed by atoms with Crippen LogP contribution in [0.5, 0.6) is 11.5 Å². The lowest BCUT2D eigenvalue weighted by Gasteiger charge is -2.34. The van der Waals surface area contributed by atoms with Crippen LogP contribution in [0.15, 0.2) is 42.5 Å². The Kier molecular flexibility index (Phi) is 5.23. The van der Waals surface area contributed by atoms with Crippen LogP contribution in [0, 0.1) is 5.92 Å².